The summed E-state index contributed by atoms with van der Waals surface area (Å²) >= 11 is 0. The fourth-order valence-electron chi connectivity index (χ4n) is 3.63. The van der Waals surface area contributed by atoms with E-state index in [9.17, 15) is 9.90 Å². The number of carbonyl (C=O) groups is 1. The predicted octanol–water partition coefficient (Wildman–Crippen LogP) is 3.38. The van der Waals surface area contributed by atoms with Crippen LogP contribution in [0.4, 0.5) is 0 Å². The highest BCUT2D eigenvalue weighted by molar-refractivity contribution is 5.75. The Balaban J connectivity index is 1.68. The Hall–Kier alpha value is -2.20. The Labute approximate surface area is 143 Å². The highest BCUT2D eigenvalue weighted by Gasteiger charge is 2.41. The lowest BCUT2D eigenvalue weighted by Gasteiger charge is -2.40. The molecule has 1 aliphatic heterocycles. The van der Waals surface area contributed by atoms with Gasteiger partial charge in [0.05, 0.1) is 5.41 Å². The molecule has 1 saturated heterocycles. The number of likely N-dealkylation sites (tertiary alicyclic amines) is 1. The van der Waals surface area contributed by atoms with Crippen molar-refractivity contribution in [1.29, 1.82) is 0 Å². The average Bonchev–Trinajstić information content (AvgIpc) is 2.62. The van der Waals surface area contributed by atoms with Crippen LogP contribution in [0.1, 0.15) is 30.4 Å². The number of hydrogen-bond acceptors (Lipinski definition) is 3. The first-order valence-corrected chi connectivity index (χ1v) is 8.57. The van der Waals surface area contributed by atoms with Gasteiger partial charge in [-0.2, -0.15) is 0 Å². The zero-order valence-corrected chi connectivity index (χ0v) is 13.9. The van der Waals surface area contributed by atoms with Gasteiger partial charge >= 0.3 is 5.97 Å². The fraction of sp³-hybridized carbons (Fsp3) is 0.400. The van der Waals surface area contributed by atoms with Crippen molar-refractivity contribution in [1.82, 2.24) is 9.88 Å². The lowest BCUT2D eigenvalue weighted by Crippen LogP contribution is -2.47. The largest absolute Gasteiger partial charge is 0.481 e. The van der Waals surface area contributed by atoms with Crippen LogP contribution in [-0.2, 0) is 17.8 Å². The molecule has 1 N–H and O–H groups in total. The molecular formula is C20H24N2O2. The Kier molecular flexibility index (Phi) is 5.26. The van der Waals surface area contributed by atoms with Gasteiger partial charge < -0.3 is 5.11 Å². The molecule has 0 bridgehead atoms. The Morgan fingerprint density at radius 3 is 2.67 bits per heavy atom. The van der Waals surface area contributed by atoms with Gasteiger partial charge in [-0.25, -0.2) is 0 Å². The number of aromatic nitrogens is 1. The number of carboxylic acids is 1. The standard InChI is InChI=1S/C20H24N2O2/c23-19(24)20(11-9-17-6-2-1-3-7-17)10-5-13-22(16-20)15-18-8-4-12-21-14-18/h1-4,6-8,12,14H,5,9-11,13,15-16H2,(H,23,24)/t20-/m1/s1. The summed E-state index contributed by atoms with van der Waals surface area (Å²) in [6, 6.07) is 14.1. The lowest BCUT2D eigenvalue weighted by atomic mass is 9.75. The number of nitrogens with zero attached hydrogens (tertiary/aromatic N) is 2. The highest BCUT2D eigenvalue weighted by atomic mass is 16.4. The van der Waals surface area contributed by atoms with E-state index in [-0.39, 0.29) is 0 Å². The van der Waals surface area contributed by atoms with E-state index in [1.54, 1.807) is 6.20 Å². The Morgan fingerprint density at radius 1 is 1.17 bits per heavy atom. The van der Waals surface area contributed by atoms with E-state index in [4.69, 9.17) is 0 Å². The van der Waals surface area contributed by atoms with Crippen molar-refractivity contribution in [2.45, 2.75) is 32.2 Å². The summed E-state index contributed by atoms with van der Waals surface area (Å²) in [7, 11) is 0. The van der Waals surface area contributed by atoms with Crippen LogP contribution in [0.2, 0.25) is 0 Å². The minimum absolute atomic E-state index is 0.615. The summed E-state index contributed by atoms with van der Waals surface area (Å²) in [6.07, 6.45) is 6.83. The van der Waals surface area contributed by atoms with Gasteiger partial charge in [-0.3, -0.25) is 14.7 Å². The number of piperidine rings is 1. The molecule has 1 aromatic heterocycles. The Bertz CT molecular complexity index is 660. The second-order valence-corrected chi connectivity index (χ2v) is 6.75. The van der Waals surface area contributed by atoms with Crippen molar-refractivity contribution in [2.24, 2.45) is 5.41 Å². The molecule has 0 saturated carbocycles. The van der Waals surface area contributed by atoms with Crippen LogP contribution in [0, 0.1) is 5.41 Å². The topological polar surface area (TPSA) is 53.4 Å². The van der Waals surface area contributed by atoms with Gasteiger partial charge in [-0.1, -0.05) is 36.4 Å². The van der Waals surface area contributed by atoms with E-state index >= 15 is 0 Å². The number of aryl methyl sites for hydroxylation is 1. The molecule has 1 atom stereocenters. The van der Waals surface area contributed by atoms with E-state index in [1.807, 2.05) is 36.5 Å². The van der Waals surface area contributed by atoms with E-state index < -0.39 is 11.4 Å². The molecule has 0 aliphatic carbocycles. The third-order valence-electron chi connectivity index (χ3n) is 4.97. The smallest absolute Gasteiger partial charge is 0.310 e. The molecule has 1 aliphatic rings. The zero-order chi connectivity index (χ0) is 16.8. The maximum absolute atomic E-state index is 12.1. The summed E-state index contributed by atoms with van der Waals surface area (Å²) in [4.78, 5) is 18.5. The zero-order valence-electron chi connectivity index (χ0n) is 13.9. The van der Waals surface area contributed by atoms with Crippen molar-refractivity contribution in [3.05, 3.63) is 66.0 Å². The van der Waals surface area contributed by atoms with Crippen LogP contribution in [0.3, 0.4) is 0 Å². The normalized spacial score (nSPS) is 21.5. The van der Waals surface area contributed by atoms with Gasteiger partial charge in [-0.15, -0.1) is 0 Å². The van der Waals surface area contributed by atoms with E-state index in [1.165, 1.54) is 5.56 Å². The number of rotatable bonds is 6. The molecule has 0 amide bonds. The maximum atomic E-state index is 12.1. The summed E-state index contributed by atoms with van der Waals surface area (Å²) in [6.45, 7) is 2.34. The predicted molar refractivity (Wildman–Crippen MR) is 93.6 cm³/mol. The van der Waals surface area contributed by atoms with Gasteiger partial charge in [0, 0.05) is 25.5 Å². The second-order valence-electron chi connectivity index (χ2n) is 6.75. The molecular weight excluding hydrogens is 300 g/mol. The molecule has 3 rings (SSSR count). The molecule has 4 heteroatoms. The quantitative estimate of drug-likeness (QED) is 0.885. The first-order valence-electron chi connectivity index (χ1n) is 8.57. The number of benzene rings is 1. The van der Waals surface area contributed by atoms with Gasteiger partial charge in [0.25, 0.3) is 0 Å². The van der Waals surface area contributed by atoms with E-state index in [2.05, 4.69) is 22.0 Å². The highest BCUT2D eigenvalue weighted by Crippen LogP contribution is 2.35. The SMILES string of the molecule is O=C(O)[C@@]1(CCc2ccccc2)CCCN(Cc2cccnc2)C1. The first-order chi connectivity index (χ1) is 11.7. The average molecular weight is 324 g/mol. The minimum atomic E-state index is -0.658. The molecule has 2 heterocycles. The third kappa shape index (κ3) is 4.01. The van der Waals surface area contributed by atoms with Gasteiger partial charge in [0.1, 0.15) is 0 Å². The molecule has 4 nitrogen and oxygen atoms in total. The molecule has 1 fully saturated rings. The van der Waals surface area contributed by atoms with Gasteiger partial charge in [0.15, 0.2) is 0 Å². The molecule has 2 aromatic rings. The van der Waals surface area contributed by atoms with Crippen LogP contribution in [0.25, 0.3) is 0 Å². The van der Waals surface area contributed by atoms with Crippen LogP contribution in [-0.4, -0.2) is 34.0 Å². The molecule has 126 valence electrons. The van der Waals surface area contributed by atoms with Crippen molar-refractivity contribution >= 4 is 5.97 Å². The fourth-order valence-corrected chi connectivity index (χ4v) is 3.63. The maximum Gasteiger partial charge on any atom is 0.310 e. The summed E-state index contributed by atoms with van der Waals surface area (Å²) in [5, 5.41) is 9.91. The number of carboxylic acid groups (broad SMARTS) is 1. The van der Waals surface area contributed by atoms with Crippen LogP contribution in [0.5, 0.6) is 0 Å². The Morgan fingerprint density at radius 2 is 1.96 bits per heavy atom. The van der Waals surface area contributed by atoms with Crippen LogP contribution in [0.15, 0.2) is 54.9 Å². The number of hydrogen-bond donors (Lipinski definition) is 1. The summed E-state index contributed by atoms with van der Waals surface area (Å²) in [5.74, 6) is -0.658. The second kappa shape index (κ2) is 7.58. The van der Waals surface area contributed by atoms with Gasteiger partial charge in [0.2, 0.25) is 0 Å². The third-order valence-corrected chi connectivity index (χ3v) is 4.97. The van der Waals surface area contributed by atoms with Crippen LogP contribution >= 0.6 is 0 Å². The van der Waals surface area contributed by atoms with E-state index in [0.717, 1.165) is 37.9 Å². The van der Waals surface area contributed by atoms with Crippen molar-refractivity contribution in [2.75, 3.05) is 13.1 Å². The molecule has 1 aromatic carbocycles. The molecule has 0 radical (unpaired) electrons. The molecule has 0 unspecified atom stereocenters. The molecule has 0 spiro atoms. The number of pyridine rings is 1. The van der Waals surface area contributed by atoms with Crippen molar-refractivity contribution in [3.8, 4) is 0 Å². The van der Waals surface area contributed by atoms with E-state index in [0.29, 0.717) is 13.0 Å². The first kappa shape index (κ1) is 16.7. The van der Waals surface area contributed by atoms with Gasteiger partial charge in [-0.05, 0) is 49.4 Å². The van der Waals surface area contributed by atoms with Crippen molar-refractivity contribution < 1.29 is 9.90 Å². The molecule has 24 heavy (non-hydrogen) atoms. The number of aliphatic carboxylic acids is 1. The van der Waals surface area contributed by atoms with Crippen LogP contribution < -0.4 is 0 Å². The van der Waals surface area contributed by atoms with Crippen molar-refractivity contribution in [3.63, 3.8) is 0 Å². The summed E-state index contributed by atoms with van der Waals surface area (Å²) < 4.78 is 0. The monoisotopic (exact) mass is 324 g/mol. The summed E-state index contributed by atoms with van der Waals surface area (Å²) in [5.41, 5.74) is 1.71. The minimum Gasteiger partial charge on any atom is -0.481 e. The lowest BCUT2D eigenvalue weighted by molar-refractivity contribution is -0.153.